The van der Waals surface area contributed by atoms with E-state index in [1.54, 1.807) is 18.2 Å². The van der Waals surface area contributed by atoms with Gasteiger partial charge in [-0.2, -0.15) is 0 Å². The summed E-state index contributed by atoms with van der Waals surface area (Å²) < 4.78 is 14.2. The van der Waals surface area contributed by atoms with E-state index >= 15 is 0 Å². The first kappa shape index (κ1) is 11.8. The van der Waals surface area contributed by atoms with Crippen molar-refractivity contribution in [2.75, 3.05) is 20.3 Å². The lowest BCUT2D eigenvalue weighted by atomic mass is 10.3. The van der Waals surface area contributed by atoms with Gasteiger partial charge in [-0.25, -0.2) is 4.79 Å². The van der Waals surface area contributed by atoms with Gasteiger partial charge in [-0.05, 0) is 18.2 Å². The fraction of sp³-hybridized carbons (Fsp3) is 0.300. The summed E-state index contributed by atoms with van der Waals surface area (Å²) in [7, 11) is 1.52. The number of carbonyl (C=O) groups excluding carboxylic acids is 1. The molecule has 0 amide bonds. The van der Waals surface area contributed by atoms with Crippen LogP contribution in [0.5, 0.6) is 5.75 Å². The van der Waals surface area contributed by atoms with Crippen LogP contribution in [0.2, 0.25) is 5.02 Å². The van der Waals surface area contributed by atoms with Gasteiger partial charge in [-0.15, -0.1) is 0 Å². The van der Waals surface area contributed by atoms with Gasteiger partial charge in [-0.3, -0.25) is 0 Å². The summed E-state index contributed by atoms with van der Waals surface area (Å²) in [6, 6.07) is 6.51. The molecule has 15 heavy (non-hydrogen) atoms. The smallest absolute Gasteiger partial charge is 0.432 e. The summed E-state index contributed by atoms with van der Waals surface area (Å²) in [5.41, 5.74) is 0. The molecule has 0 radical (unpaired) electrons. The molecule has 1 rings (SSSR count). The normalized spacial score (nSPS) is 9.73. The lowest BCUT2D eigenvalue weighted by molar-refractivity contribution is 0.0685. The van der Waals surface area contributed by atoms with E-state index in [0.717, 1.165) is 0 Å². The van der Waals surface area contributed by atoms with E-state index in [4.69, 9.17) is 25.8 Å². The Bertz CT molecular complexity index is 327. The van der Waals surface area contributed by atoms with E-state index in [0.29, 0.717) is 17.4 Å². The second kappa shape index (κ2) is 6.27. The highest BCUT2D eigenvalue weighted by Gasteiger charge is 2.05. The van der Waals surface area contributed by atoms with Gasteiger partial charge in [0.05, 0.1) is 6.61 Å². The second-order valence-corrected chi connectivity index (χ2v) is 3.09. The van der Waals surface area contributed by atoms with Crippen molar-refractivity contribution < 1.29 is 19.0 Å². The standard InChI is InChI=1S/C10H11ClO4/c1-13-5-6-14-10(12)15-9-4-2-3-8(11)7-9/h2-4,7H,5-6H2,1H3. The Kier molecular flexibility index (Phi) is 4.93. The predicted octanol–water partition coefficient (Wildman–Crippen LogP) is 2.50. The monoisotopic (exact) mass is 230 g/mol. The van der Waals surface area contributed by atoms with Crippen LogP contribution in [0.15, 0.2) is 24.3 Å². The van der Waals surface area contributed by atoms with Crippen molar-refractivity contribution in [2.45, 2.75) is 0 Å². The summed E-state index contributed by atoms with van der Waals surface area (Å²) in [5, 5.41) is 0.497. The minimum absolute atomic E-state index is 0.163. The molecule has 0 saturated carbocycles. The largest absolute Gasteiger partial charge is 0.513 e. The van der Waals surface area contributed by atoms with Crippen LogP contribution in [0.1, 0.15) is 0 Å². The molecule has 4 nitrogen and oxygen atoms in total. The summed E-state index contributed by atoms with van der Waals surface area (Å²) in [6.07, 6.45) is -0.769. The van der Waals surface area contributed by atoms with Gasteiger partial charge in [0.1, 0.15) is 12.4 Å². The molecule has 5 heteroatoms. The molecule has 0 aliphatic heterocycles. The van der Waals surface area contributed by atoms with Gasteiger partial charge >= 0.3 is 6.16 Å². The first-order valence-corrected chi connectivity index (χ1v) is 4.69. The molecule has 1 aromatic rings. The van der Waals surface area contributed by atoms with Gasteiger partial charge in [-0.1, -0.05) is 17.7 Å². The van der Waals surface area contributed by atoms with E-state index in [2.05, 4.69) is 0 Å². The average Bonchev–Trinajstić information content (AvgIpc) is 2.18. The zero-order valence-corrected chi connectivity index (χ0v) is 8.99. The molecular weight excluding hydrogens is 220 g/mol. The number of hydrogen-bond donors (Lipinski definition) is 0. The fourth-order valence-electron chi connectivity index (χ4n) is 0.865. The Morgan fingerprint density at radius 2 is 2.20 bits per heavy atom. The van der Waals surface area contributed by atoms with Crippen molar-refractivity contribution in [1.29, 1.82) is 0 Å². The Balaban J connectivity index is 2.37. The maximum absolute atomic E-state index is 11.1. The van der Waals surface area contributed by atoms with Crippen LogP contribution in [-0.4, -0.2) is 26.5 Å². The zero-order chi connectivity index (χ0) is 11.1. The molecule has 0 aliphatic rings. The average molecular weight is 231 g/mol. The van der Waals surface area contributed by atoms with Crippen molar-refractivity contribution in [1.82, 2.24) is 0 Å². The summed E-state index contributed by atoms with van der Waals surface area (Å²) in [6.45, 7) is 0.501. The van der Waals surface area contributed by atoms with Crippen LogP contribution in [0.25, 0.3) is 0 Å². The number of carbonyl (C=O) groups is 1. The molecule has 0 heterocycles. The quantitative estimate of drug-likeness (QED) is 0.453. The van der Waals surface area contributed by atoms with Gasteiger partial charge < -0.3 is 14.2 Å². The summed E-state index contributed by atoms with van der Waals surface area (Å²) in [5.74, 6) is 0.352. The summed E-state index contributed by atoms with van der Waals surface area (Å²) >= 11 is 5.70. The third kappa shape index (κ3) is 4.67. The molecule has 0 aromatic heterocycles. The molecule has 1 aromatic carbocycles. The molecule has 0 unspecified atom stereocenters. The van der Waals surface area contributed by atoms with Crippen molar-refractivity contribution >= 4 is 17.8 Å². The Labute approximate surface area is 92.7 Å². The minimum Gasteiger partial charge on any atom is -0.432 e. The zero-order valence-electron chi connectivity index (χ0n) is 8.23. The maximum Gasteiger partial charge on any atom is 0.513 e. The molecular formula is C10H11ClO4. The van der Waals surface area contributed by atoms with Gasteiger partial charge in [0.25, 0.3) is 0 Å². The molecule has 0 saturated heterocycles. The van der Waals surface area contributed by atoms with Crippen LogP contribution >= 0.6 is 11.6 Å². The van der Waals surface area contributed by atoms with Gasteiger partial charge in [0, 0.05) is 12.1 Å². The third-order valence-corrected chi connectivity index (χ3v) is 1.74. The van der Waals surface area contributed by atoms with Crippen LogP contribution in [-0.2, 0) is 9.47 Å². The van der Waals surface area contributed by atoms with Gasteiger partial charge in [0.15, 0.2) is 0 Å². The highest BCUT2D eigenvalue weighted by Crippen LogP contribution is 2.17. The molecule has 0 atom stereocenters. The van der Waals surface area contributed by atoms with Crippen LogP contribution < -0.4 is 4.74 Å². The van der Waals surface area contributed by atoms with Crippen molar-refractivity contribution in [3.63, 3.8) is 0 Å². The Morgan fingerprint density at radius 1 is 1.40 bits per heavy atom. The van der Waals surface area contributed by atoms with Crippen LogP contribution in [0, 0.1) is 0 Å². The second-order valence-electron chi connectivity index (χ2n) is 2.65. The molecule has 0 spiro atoms. The van der Waals surface area contributed by atoms with Crippen molar-refractivity contribution in [3.8, 4) is 5.75 Å². The van der Waals surface area contributed by atoms with E-state index < -0.39 is 6.16 Å². The first-order chi connectivity index (χ1) is 7.22. The van der Waals surface area contributed by atoms with E-state index in [1.165, 1.54) is 13.2 Å². The van der Waals surface area contributed by atoms with E-state index in [9.17, 15) is 4.79 Å². The lowest BCUT2D eigenvalue weighted by Gasteiger charge is -2.05. The van der Waals surface area contributed by atoms with E-state index in [1.807, 2.05) is 0 Å². The van der Waals surface area contributed by atoms with Crippen LogP contribution in [0.3, 0.4) is 0 Å². The first-order valence-electron chi connectivity index (χ1n) is 4.31. The van der Waals surface area contributed by atoms with Crippen LogP contribution in [0.4, 0.5) is 4.79 Å². The molecule has 0 fully saturated rings. The topological polar surface area (TPSA) is 44.8 Å². The summed E-state index contributed by atoms with van der Waals surface area (Å²) in [4.78, 5) is 11.1. The fourth-order valence-corrected chi connectivity index (χ4v) is 1.04. The molecule has 0 aliphatic carbocycles. The number of benzene rings is 1. The van der Waals surface area contributed by atoms with Crippen molar-refractivity contribution in [2.24, 2.45) is 0 Å². The SMILES string of the molecule is COCCOC(=O)Oc1cccc(Cl)c1. The molecule has 0 N–H and O–H groups in total. The van der Waals surface area contributed by atoms with Crippen molar-refractivity contribution in [3.05, 3.63) is 29.3 Å². The highest BCUT2D eigenvalue weighted by atomic mass is 35.5. The Morgan fingerprint density at radius 3 is 2.87 bits per heavy atom. The third-order valence-electron chi connectivity index (χ3n) is 1.50. The minimum atomic E-state index is -0.769. The molecule has 82 valence electrons. The number of methoxy groups -OCH3 is 1. The maximum atomic E-state index is 11.1. The van der Waals surface area contributed by atoms with Gasteiger partial charge in [0.2, 0.25) is 0 Å². The number of ether oxygens (including phenoxy) is 3. The van der Waals surface area contributed by atoms with E-state index in [-0.39, 0.29) is 6.61 Å². The number of halogens is 1. The number of rotatable bonds is 4. The number of hydrogen-bond acceptors (Lipinski definition) is 4. The lowest BCUT2D eigenvalue weighted by Crippen LogP contribution is -2.13. The molecule has 0 bridgehead atoms. The Hall–Kier alpha value is -1.26. The predicted molar refractivity (Wildman–Crippen MR) is 55.3 cm³/mol. The highest BCUT2D eigenvalue weighted by molar-refractivity contribution is 6.30.